The molecule has 0 radical (unpaired) electrons. The maximum atomic E-state index is 12.7. The van der Waals surface area contributed by atoms with Crippen molar-refractivity contribution in [2.45, 2.75) is 19.9 Å². The molecule has 33 heavy (non-hydrogen) atoms. The fraction of sp³-hybridized carbons (Fsp3) is 0.115. The molecule has 1 aliphatic heterocycles. The molecule has 2 N–H and O–H groups in total. The topological polar surface area (TPSA) is 71.8 Å². The zero-order valence-corrected chi connectivity index (χ0v) is 19.0. The molecule has 1 aliphatic rings. The minimum absolute atomic E-state index is 0.174. The summed E-state index contributed by atoms with van der Waals surface area (Å²) in [5.41, 5.74) is 5.93. The van der Waals surface area contributed by atoms with Crippen LogP contribution in [0.4, 0.5) is 11.9 Å². The molecule has 0 fully saturated rings. The third kappa shape index (κ3) is 4.38. The van der Waals surface area contributed by atoms with Gasteiger partial charge in [-0.05, 0) is 55.3 Å². The molecule has 1 atom stereocenters. The minimum Gasteiger partial charge on any atom is -0.324 e. The molecule has 4 aromatic rings. The number of halogens is 1. The predicted octanol–water partition coefficient (Wildman–Crippen LogP) is 5.86. The SMILES string of the molecule is Cc1ccc(C2=CC(c3ccc(C)cc3)n3nc(NC(=O)c4ccc(Cl)cc4)nc3N2)cc1. The Morgan fingerprint density at radius 2 is 1.58 bits per heavy atom. The average molecular weight is 456 g/mol. The quantitative estimate of drug-likeness (QED) is 0.404. The third-order valence-corrected chi connectivity index (χ3v) is 5.83. The third-order valence-electron chi connectivity index (χ3n) is 5.58. The summed E-state index contributed by atoms with van der Waals surface area (Å²) in [6.45, 7) is 4.12. The van der Waals surface area contributed by atoms with E-state index in [9.17, 15) is 4.79 Å². The highest BCUT2D eigenvalue weighted by molar-refractivity contribution is 6.30. The summed E-state index contributed by atoms with van der Waals surface area (Å²) >= 11 is 5.93. The van der Waals surface area contributed by atoms with Gasteiger partial charge in [0, 0.05) is 16.3 Å². The summed E-state index contributed by atoms with van der Waals surface area (Å²) in [5, 5.41) is 11.3. The van der Waals surface area contributed by atoms with Crippen LogP contribution in [0.3, 0.4) is 0 Å². The molecule has 1 amide bonds. The molecule has 164 valence electrons. The van der Waals surface area contributed by atoms with E-state index in [0.717, 1.165) is 16.8 Å². The van der Waals surface area contributed by atoms with Gasteiger partial charge in [-0.1, -0.05) is 71.3 Å². The number of allylic oxidation sites excluding steroid dienone is 1. The Kier molecular flexibility index (Phi) is 5.44. The molecule has 3 aromatic carbocycles. The Morgan fingerprint density at radius 3 is 2.24 bits per heavy atom. The van der Waals surface area contributed by atoms with E-state index >= 15 is 0 Å². The number of aromatic nitrogens is 3. The monoisotopic (exact) mass is 455 g/mol. The van der Waals surface area contributed by atoms with E-state index in [0.29, 0.717) is 16.5 Å². The smallest absolute Gasteiger partial charge is 0.258 e. The molecule has 0 saturated heterocycles. The van der Waals surface area contributed by atoms with Crippen LogP contribution in [0.5, 0.6) is 0 Å². The van der Waals surface area contributed by atoms with E-state index < -0.39 is 0 Å². The van der Waals surface area contributed by atoms with Crippen molar-refractivity contribution in [3.63, 3.8) is 0 Å². The Hall–Kier alpha value is -3.90. The van der Waals surface area contributed by atoms with Gasteiger partial charge in [-0.3, -0.25) is 10.1 Å². The van der Waals surface area contributed by atoms with Crippen molar-refractivity contribution in [2.24, 2.45) is 0 Å². The number of aryl methyl sites for hydroxylation is 2. The van der Waals surface area contributed by atoms with Crippen LogP contribution in [-0.2, 0) is 0 Å². The highest BCUT2D eigenvalue weighted by atomic mass is 35.5. The number of carbonyl (C=O) groups excluding carboxylic acids is 1. The first-order valence-electron chi connectivity index (χ1n) is 10.6. The average Bonchev–Trinajstić information content (AvgIpc) is 3.22. The molecule has 0 spiro atoms. The molecule has 0 saturated carbocycles. The van der Waals surface area contributed by atoms with Crippen LogP contribution >= 0.6 is 11.6 Å². The molecule has 1 aromatic heterocycles. The number of nitrogens with one attached hydrogen (secondary N) is 2. The minimum atomic E-state index is -0.298. The van der Waals surface area contributed by atoms with Crippen LogP contribution in [0, 0.1) is 13.8 Å². The van der Waals surface area contributed by atoms with Crippen molar-refractivity contribution in [2.75, 3.05) is 10.6 Å². The van der Waals surface area contributed by atoms with Gasteiger partial charge < -0.3 is 5.32 Å². The molecular formula is C26H22ClN5O. The van der Waals surface area contributed by atoms with Crippen LogP contribution in [0.1, 0.15) is 38.7 Å². The van der Waals surface area contributed by atoms with Crippen molar-refractivity contribution in [1.29, 1.82) is 0 Å². The van der Waals surface area contributed by atoms with Crippen molar-refractivity contribution >= 4 is 35.1 Å². The second-order valence-corrected chi connectivity index (χ2v) is 8.53. The number of nitrogens with zero attached hydrogens (tertiary/aromatic N) is 3. The van der Waals surface area contributed by atoms with E-state index in [-0.39, 0.29) is 17.9 Å². The maximum Gasteiger partial charge on any atom is 0.258 e. The summed E-state index contributed by atoms with van der Waals surface area (Å²) in [7, 11) is 0. The van der Waals surface area contributed by atoms with Gasteiger partial charge in [0.1, 0.15) is 6.04 Å². The van der Waals surface area contributed by atoms with Crippen LogP contribution in [-0.4, -0.2) is 20.7 Å². The maximum absolute atomic E-state index is 12.7. The number of benzene rings is 3. The second-order valence-electron chi connectivity index (χ2n) is 8.09. The van der Waals surface area contributed by atoms with Gasteiger partial charge in [0.2, 0.25) is 5.95 Å². The molecule has 2 heterocycles. The number of hydrogen-bond acceptors (Lipinski definition) is 4. The number of carbonyl (C=O) groups is 1. The number of rotatable bonds is 4. The summed E-state index contributed by atoms with van der Waals surface area (Å²) in [6.07, 6.45) is 2.13. The van der Waals surface area contributed by atoms with E-state index in [1.807, 2.05) is 0 Å². The summed E-state index contributed by atoms with van der Waals surface area (Å²) in [6, 6.07) is 23.2. The van der Waals surface area contributed by atoms with Crippen molar-refractivity contribution in [3.05, 3.63) is 112 Å². The van der Waals surface area contributed by atoms with E-state index in [1.165, 1.54) is 11.1 Å². The fourth-order valence-corrected chi connectivity index (χ4v) is 3.85. The highest BCUT2D eigenvalue weighted by Gasteiger charge is 2.26. The van der Waals surface area contributed by atoms with Gasteiger partial charge in [-0.25, -0.2) is 4.68 Å². The highest BCUT2D eigenvalue weighted by Crippen LogP contribution is 2.33. The first-order chi connectivity index (χ1) is 16.0. The van der Waals surface area contributed by atoms with Crippen molar-refractivity contribution < 1.29 is 4.79 Å². The van der Waals surface area contributed by atoms with Gasteiger partial charge in [-0.2, -0.15) is 4.98 Å². The van der Waals surface area contributed by atoms with Gasteiger partial charge in [-0.15, -0.1) is 5.10 Å². The predicted molar refractivity (Wildman–Crippen MR) is 132 cm³/mol. The van der Waals surface area contributed by atoms with Crippen LogP contribution in [0.2, 0.25) is 5.02 Å². The fourth-order valence-electron chi connectivity index (χ4n) is 3.72. The lowest BCUT2D eigenvalue weighted by atomic mass is 10.0. The number of hydrogen-bond donors (Lipinski definition) is 2. The lowest BCUT2D eigenvalue weighted by molar-refractivity contribution is 0.102. The standard InChI is InChI=1S/C26H22ClN5O/c1-16-3-7-18(8-4-16)22-15-23(19-9-5-17(2)6-10-19)32-26(28-22)30-25(31-32)29-24(33)20-11-13-21(27)14-12-20/h3-15,23H,1-2H3,(H2,28,29,30,31,33). The molecule has 0 bridgehead atoms. The van der Waals surface area contributed by atoms with Gasteiger partial charge in [0.25, 0.3) is 11.9 Å². The van der Waals surface area contributed by atoms with Gasteiger partial charge in [0.05, 0.1) is 0 Å². The summed E-state index contributed by atoms with van der Waals surface area (Å²) in [4.78, 5) is 17.2. The molecule has 6 nitrogen and oxygen atoms in total. The Morgan fingerprint density at radius 1 is 0.939 bits per heavy atom. The van der Waals surface area contributed by atoms with Crippen LogP contribution < -0.4 is 10.6 Å². The largest absolute Gasteiger partial charge is 0.324 e. The zero-order valence-electron chi connectivity index (χ0n) is 18.2. The molecular weight excluding hydrogens is 434 g/mol. The Balaban J connectivity index is 1.50. The zero-order chi connectivity index (χ0) is 22.9. The first kappa shape index (κ1) is 21.0. The molecule has 1 unspecified atom stereocenters. The van der Waals surface area contributed by atoms with Gasteiger partial charge >= 0.3 is 0 Å². The van der Waals surface area contributed by atoms with E-state index in [2.05, 4.69) is 89.2 Å². The number of fused-ring (bicyclic) bond motifs is 1. The summed E-state index contributed by atoms with van der Waals surface area (Å²) < 4.78 is 1.79. The molecule has 0 aliphatic carbocycles. The van der Waals surface area contributed by atoms with E-state index in [1.54, 1.807) is 28.9 Å². The first-order valence-corrected chi connectivity index (χ1v) is 11.0. The Labute approximate surface area is 196 Å². The van der Waals surface area contributed by atoms with Crippen molar-refractivity contribution in [1.82, 2.24) is 14.8 Å². The molecule has 5 rings (SSSR count). The second kappa shape index (κ2) is 8.56. The lowest BCUT2D eigenvalue weighted by Gasteiger charge is -2.24. The van der Waals surface area contributed by atoms with Crippen LogP contribution in [0.15, 0.2) is 78.9 Å². The normalized spacial score (nSPS) is 14.8. The Bertz CT molecular complexity index is 1340. The van der Waals surface area contributed by atoms with Gasteiger partial charge in [0.15, 0.2) is 0 Å². The van der Waals surface area contributed by atoms with E-state index in [4.69, 9.17) is 11.6 Å². The van der Waals surface area contributed by atoms with Crippen LogP contribution in [0.25, 0.3) is 5.70 Å². The lowest BCUT2D eigenvalue weighted by Crippen LogP contribution is -2.20. The number of amides is 1. The summed E-state index contributed by atoms with van der Waals surface area (Å²) in [5.74, 6) is 0.492. The number of anilines is 2. The molecule has 7 heteroatoms. The van der Waals surface area contributed by atoms with Crippen molar-refractivity contribution in [3.8, 4) is 0 Å².